The Morgan fingerprint density at radius 3 is 2.67 bits per heavy atom. The summed E-state index contributed by atoms with van der Waals surface area (Å²) in [4.78, 5) is 10.9. The number of carboxylic acids is 1. The van der Waals surface area contributed by atoms with Crippen molar-refractivity contribution in [2.45, 2.75) is 18.9 Å². The highest BCUT2D eigenvalue weighted by atomic mass is 32.2. The molecule has 7 nitrogen and oxygen atoms in total. The van der Waals surface area contributed by atoms with E-state index in [9.17, 15) is 13.2 Å². The molecule has 1 heterocycles. The highest BCUT2D eigenvalue weighted by molar-refractivity contribution is 7.90. The van der Waals surface area contributed by atoms with Gasteiger partial charge in [0.15, 0.2) is 0 Å². The first kappa shape index (κ1) is 15.7. The molecule has 21 heavy (non-hydrogen) atoms. The van der Waals surface area contributed by atoms with E-state index in [-0.39, 0.29) is 17.3 Å². The fourth-order valence-electron chi connectivity index (χ4n) is 2.18. The molecule has 0 bridgehead atoms. The van der Waals surface area contributed by atoms with Gasteiger partial charge in [-0.05, 0) is 31.0 Å². The molecule has 0 spiro atoms. The van der Waals surface area contributed by atoms with E-state index in [0.717, 1.165) is 0 Å². The van der Waals surface area contributed by atoms with Crippen LogP contribution in [0.1, 0.15) is 23.2 Å². The molecule has 0 radical (unpaired) electrons. The molecule has 0 aliphatic carbocycles. The lowest BCUT2D eigenvalue weighted by molar-refractivity contribution is 0.0633. The maximum Gasteiger partial charge on any atom is 0.335 e. The number of hydrogen-bond acceptors (Lipinski definition) is 4. The monoisotopic (exact) mass is 314 g/mol. The van der Waals surface area contributed by atoms with Crippen LogP contribution < -0.4 is 4.72 Å². The van der Waals surface area contributed by atoms with Crippen LogP contribution in [0.3, 0.4) is 0 Å². The van der Waals surface area contributed by atoms with E-state index in [1.807, 2.05) is 0 Å². The molecule has 0 saturated carbocycles. The minimum absolute atomic E-state index is 0.0314. The molecule has 2 N–H and O–H groups in total. The Balaban J connectivity index is 2.12. The van der Waals surface area contributed by atoms with Gasteiger partial charge in [0.25, 0.3) is 0 Å². The molecular formula is C13H18N2O5S. The molecule has 1 saturated heterocycles. The Hall–Kier alpha value is -1.64. The molecule has 1 aliphatic rings. The Labute approximate surface area is 123 Å². The maximum absolute atomic E-state index is 12.3. The van der Waals surface area contributed by atoms with Gasteiger partial charge in [0.2, 0.25) is 0 Å². The number of ether oxygens (including phenoxy) is 1. The van der Waals surface area contributed by atoms with E-state index in [4.69, 9.17) is 9.84 Å². The van der Waals surface area contributed by atoms with Gasteiger partial charge in [0.1, 0.15) is 0 Å². The van der Waals surface area contributed by atoms with Gasteiger partial charge < -0.3 is 9.84 Å². The van der Waals surface area contributed by atoms with Crippen molar-refractivity contribution in [2.24, 2.45) is 0 Å². The number of hydrogen-bond donors (Lipinski definition) is 2. The van der Waals surface area contributed by atoms with Crippen LogP contribution in [-0.4, -0.2) is 50.1 Å². The summed E-state index contributed by atoms with van der Waals surface area (Å²) in [6.07, 6.45) is 1.29. The molecule has 0 aromatic heterocycles. The topological polar surface area (TPSA) is 95.9 Å². The van der Waals surface area contributed by atoms with Crippen molar-refractivity contribution in [3.8, 4) is 0 Å². The number of nitrogens with one attached hydrogen (secondary N) is 1. The number of rotatable bonds is 5. The lowest BCUT2D eigenvalue weighted by atomic mass is 10.1. The lowest BCUT2D eigenvalue weighted by Gasteiger charge is -2.30. The minimum Gasteiger partial charge on any atom is -0.478 e. The normalized spacial score (nSPS) is 16.9. The fourth-order valence-corrected chi connectivity index (χ4v) is 3.35. The molecule has 1 aromatic rings. The highest BCUT2D eigenvalue weighted by Gasteiger charge is 2.27. The summed E-state index contributed by atoms with van der Waals surface area (Å²) in [5, 5.41) is 8.92. The van der Waals surface area contributed by atoms with Crippen LogP contribution in [0.15, 0.2) is 24.3 Å². The van der Waals surface area contributed by atoms with Crippen molar-refractivity contribution in [1.29, 1.82) is 0 Å². The summed E-state index contributed by atoms with van der Waals surface area (Å²) < 4.78 is 33.5. The summed E-state index contributed by atoms with van der Waals surface area (Å²) in [6.45, 7) is 1.08. The summed E-state index contributed by atoms with van der Waals surface area (Å²) in [6, 6.07) is 5.59. The third kappa shape index (κ3) is 3.93. The van der Waals surface area contributed by atoms with Gasteiger partial charge in [-0.3, -0.25) is 4.72 Å². The molecule has 0 unspecified atom stereocenters. The Morgan fingerprint density at radius 1 is 1.38 bits per heavy atom. The predicted octanol–water partition coefficient (Wildman–Crippen LogP) is 1.15. The Bertz CT molecular complexity index is 611. The maximum atomic E-state index is 12.3. The molecule has 0 amide bonds. The number of anilines is 1. The van der Waals surface area contributed by atoms with Crippen molar-refractivity contribution >= 4 is 21.9 Å². The zero-order valence-electron chi connectivity index (χ0n) is 11.7. The molecule has 1 fully saturated rings. The summed E-state index contributed by atoms with van der Waals surface area (Å²) in [5.41, 5.74) is 0.262. The standard InChI is InChI=1S/C13H18N2O5S/c1-15(12-5-7-20-8-6-12)21(18,19)14-11-4-2-3-10(9-11)13(16)17/h2-4,9,12,14H,5-8H2,1H3,(H,16,17). The first-order valence-electron chi connectivity index (χ1n) is 6.57. The zero-order valence-corrected chi connectivity index (χ0v) is 12.5. The van der Waals surface area contributed by atoms with Gasteiger partial charge in [0.05, 0.1) is 11.3 Å². The Morgan fingerprint density at radius 2 is 2.05 bits per heavy atom. The van der Waals surface area contributed by atoms with Crippen molar-refractivity contribution in [2.75, 3.05) is 25.0 Å². The lowest BCUT2D eigenvalue weighted by Crippen LogP contribution is -2.43. The van der Waals surface area contributed by atoms with Crippen LogP contribution in [0, 0.1) is 0 Å². The largest absolute Gasteiger partial charge is 0.478 e. The number of carboxylic acid groups (broad SMARTS) is 1. The zero-order chi connectivity index (χ0) is 15.5. The second-order valence-electron chi connectivity index (χ2n) is 4.85. The third-order valence-corrected chi connectivity index (χ3v) is 4.99. The molecule has 8 heteroatoms. The van der Waals surface area contributed by atoms with Crippen molar-refractivity contribution in [1.82, 2.24) is 4.31 Å². The van der Waals surface area contributed by atoms with Crippen LogP contribution in [0.4, 0.5) is 5.69 Å². The van der Waals surface area contributed by atoms with Gasteiger partial charge in [0, 0.05) is 26.3 Å². The van der Waals surface area contributed by atoms with Crippen LogP contribution in [0.25, 0.3) is 0 Å². The average molecular weight is 314 g/mol. The summed E-state index contributed by atoms with van der Waals surface area (Å²) in [5.74, 6) is -1.10. The summed E-state index contributed by atoms with van der Waals surface area (Å²) in [7, 11) is -2.21. The highest BCUT2D eigenvalue weighted by Crippen LogP contribution is 2.19. The van der Waals surface area contributed by atoms with Gasteiger partial charge >= 0.3 is 16.2 Å². The number of aromatic carboxylic acids is 1. The van der Waals surface area contributed by atoms with Gasteiger partial charge in [-0.2, -0.15) is 12.7 Å². The third-order valence-electron chi connectivity index (χ3n) is 3.44. The number of nitrogens with zero attached hydrogens (tertiary/aromatic N) is 1. The van der Waals surface area contributed by atoms with Gasteiger partial charge in [-0.1, -0.05) is 6.07 Å². The first-order valence-corrected chi connectivity index (χ1v) is 8.01. The van der Waals surface area contributed by atoms with E-state index in [1.54, 1.807) is 0 Å². The molecule has 1 aliphatic heterocycles. The van der Waals surface area contributed by atoms with Crippen LogP contribution in [-0.2, 0) is 14.9 Å². The van der Waals surface area contributed by atoms with Crippen LogP contribution in [0.2, 0.25) is 0 Å². The van der Waals surface area contributed by atoms with Crippen molar-refractivity contribution in [3.05, 3.63) is 29.8 Å². The van der Waals surface area contributed by atoms with E-state index in [1.165, 1.54) is 35.6 Å². The number of benzene rings is 1. The van der Waals surface area contributed by atoms with Gasteiger partial charge in [-0.15, -0.1) is 0 Å². The number of carbonyl (C=O) groups is 1. The molecule has 2 rings (SSSR count). The molecular weight excluding hydrogens is 296 g/mol. The van der Waals surface area contributed by atoms with Crippen molar-refractivity contribution < 1.29 is 23.1 Å². The van der Waals surface area contributed by atoms with Crippen LogP contribution in [0.5, 0.6) is 0 Å². The molecule has 1 aromatic carbocycles. The van der Waals surface area contributed by atoms with E-state index in [2.05, 4.69) is 4.72 Å². The summed E-state index contributed by atoms with van der Waals surface area (Å²) >= 11 is 0. The van der Waals surface area contributed by atoms with E-state index >= 15 is 0 Å². The second kappa shape index (κ2) is 6.42. The fraction of sp³-hybridized carbons (Fsp3) is 0.462. The van der Waals surface area contributed by atoms with Crippen molar-refractivity contribution in [3.63, 3.8) is 0 Å². The van der Waals surface area contributed by atoms with Crippen LogP contribution >= 0.6 is 0 Å². The second-order valence-corrected chi connectivity index (χ2v) is 6.58. The molecule has 0 atom stereocenters. The predicted molar refractivity (Wildman–Crippen MR) is 77.5 cm³/mol. The Kier molecular flexibility index (Phi) is 4.81. The van der Waals surface area contributed by atoms with E-state index < -0.39 is 16.2 Å². The minimum atomic E-state index is -3.72. The van der Waals surface area contributed by atoms with E-state index in [0.29, 0.717) is 26.1 Å². The SMILES string of the molecule is CN(C1CCOCC1)S(=O)(=O)Nc1cccc(C(=O)O)c1. The smallest absolute Gasteiger partial charge is 0.335 e. The molecule has 116 valence electrons. The quantitative estimate of drug-likeness (QED) is 0.850. The average Bonchev–Trinajstić information content (AvgIpc) is 2.47. The van der Waals surface area contributed by atoms with Gasteiger partial charge in [-0.25, -0.2) is 4.79 Å². The first-order chi connectivity index (χ1) is 9.90.